The van der Waals surface area contributed by atoms with Gasteiger partial charge < -0.3 is 18.9 Å². The van der Waals surface area contributed by atoms with Crippen molar-refractivity contribution in [1.82, 2.24) is 10.4 Å². The van der Waals surface area contributed by atoms with Gasteiger partial charge in [-0.05, 0) is 54.1 Å². The minimum absolute atomic E-state index is 0.233. The van der Waals surface area contributed by atoms with Crippen LogP contribution in [0.2, 0.25) is 0 Å². The van der Waals surface area contributed by atoms with Crippen LogP contribution in [0.1, 0.15) is 26.3 Å². The maximum absolute atomic E-state index is 13.1. The zero-order valence-electron chi connectivity index (χ0n) is 23.2. The number of fused-ring (bicyclic) bond motifs is 1. The number of benzene rings is 4. The van der Waals surface area contributed by atoms with Gasteiger partial charge in [-0.1, -0.05) is 48.5 Å². The number of para-hydroxylation sites is 1. The maximum Gasteiger partial charge on any atom is 0.343 e. The Morgan fingerprint density at radius 2 is 1.45 bits per heavy atom. The highest BCUT2D eigenvalue weighted by Crippen LogP contribution is 2.38. The average molecular weight is 562 g/mol. The van der Waals surface area contributed by atoms with Gasteiger partial charge >= 0.3 is 5.97 Å². The first-order valence-corrected chi connectivity index (χ1v) is 12.9. The van der Waals surface area contributed by atoms with E-state index >= 15 is 0 Å². The molecule has 0 aliphatic heterocycles. The molecule has 0 atom stereocenters. The van der Waals surface area contributed by atoms with Gasteiger partial charge in [0.25, 0.3) is 5.91 Å². The Labute approximate surface area is 242 Å². The summed E-state index contributed by atoms with van der Waals surface area (Å²) in [5, 5.41) is 4.85. The van der Waals surface area contributed by atoms with Crippen LogP contribution in [0.5, 0.6) is 23.0 Å². The molecule has 0 aliphatic rings. The molecule has 0 saturated carbocycles. The second-order valence-electron chi connectivity index (χ2n) is 9.01. The van der Waals surface area contributed by atoms with Gasteiger partial charge in [-0.2, -0.15) is 5.10 Å². The molecule has 1 heterocycles. The predicted octanol–water partition coefficient (Wildman–Crippen LogP) is 5.91. The van der Waals surface area contributed by atoms with Crippen molar-refractivity contribution in [3.63, 3.8) is 0 Å². The summed E-state index contributed by atoms with van der Waals surface area (Å²) in [4.78, 5) is 30.6. The molecule has 9 nitrogen and oxygen atoms in total. The molecule has 9 heteroatoms. The number of hydrogen-bond donors (Lipinski definition) is 1. The van der Waals surface area contributed by atoms with Crippen LogP contribution in [0, 0.1) is 0 Å². The molecule has 1 amide bonds. The number of hydrogen-bond acceptors (Lipinski definition) is 8. The standard InChI is InChI=1S/C33H27N3O6/c1-39-29-17-23(18-30(40-2)31(29)41-3)33(38)42-24-15-13-21(14-16-24)20-34-36-32(37)26-19-28(22-9-5-4-6-10-22)35-27-12-8-7-11-25(26)27/h4-20H,1-3H3,(H,36,37)/b34-20+. The van der Waals surface area contributed by atoms with Crippen LogP contribution in [0.4, 0.5) is 0 Å². The SMILES string of the molecule is COc1cc(C(=O)Oc2ccc(/C=N/NC(=O)c3cc(-c4ccccc4)nc4ccccc34)cc2)cc(OC)c1OC. The summed E-state index contributed by atoms with van der Waals surface area (Å²) in [5.74, 6) is 0.426. The fourth-order valence-electron chi connectivity index (χ4n) is 4.33. The van der Waals surface area contributed by atoms with Crippen LogP contribution in [0.25, 0.3) is 22.2 Å². The van der Waals surface area contributed by atoms with Crippen LogP contribution >= 0.6 is 0 Å². The Kier molecular flexibility index (Phi) is 8.39. The largest absolute Gasteiger partial charge is 0.493 e. The van der Waals surface area contributed by atoms with E-state index in [2.05, 4.69) is 10.5 Å². The van der Waals surface area contributed by atoms with E-state index in [1.807, 2.05) is 54.6 Å². The third kappa shape index (κ3) is 6.05. The fraction of sp³-hybridized carbons (Fsp3) is 0.0909. The highest BCUT2D eigenvalue weighted by Gasteiger charge is 2.18. The average Bonchev–Trinajstić information content (AvgIpc) is 3.04. The third-order valence-corrected chi connectivity index (χ3v) is 6.40. The second-order valence-corrected chi connectivity index (χ2v) is 9.01. The van der Waals surface area contributed by atoms with Gasteiger partial charge in [0.15, 0.2) is 11.5 Å². The summed E-state index contributed by atoms with van der Waals surface area (Å²) in [5.41, 5.74) is 6.30. The molecule has 0 spiro atoms. The molecule has 0 bridgehead atoms. The molecule has 1 N–H and O–H groups in total. The number of amides is 1. The van der Waals surface area contributed by atoms with Gasteiger partial charge in [-0.25, -0.2) is 15.2 Å². The van der Waals surface area contributed by atoms with Crippen LogP contribution in [0.15, 0.2) is 102 Å². The topological polar surface area (TPSA) is 108 Å². The summed E-state index contributed by atoms with van der Waals surface area (Å²) in [6.45, 7) is 0. The minimum atomic E-state index is -0.595. The van der Waals surface area contributed by atoms with Crippen molar-refractivity contribution in [3.05, 3.63) is 114 Å². The quantitative estimate of drug-likeness (QED) is 0.103. The molecule has 0 fully saturated rings. The number of rotatable bonds is 9. The Hall–Kier alpha value is -5.70. The molecule has 1 aromatic heterocycles. The number of carbonyl (C=O) groups is 2. The van der Waals surface area contributed by atoms with Crippen molar-refractivity contribution in [1.29, 1.82) is 0 Å². The summed E-state index contributed by atoms with van der Waals surface area (Å²) in [7, 11) is 4.42. The molecule has 4 aromatic carbocycles. The van der Waals surface area contributed by atoms with Crippen LogP contribution in [-0.4, -0.2) is 44.4 Å². The van der Waals surface area contributed by atoms with Gasteiger partial charge in [0.1, 0.15) is 5.75 Å². The van der Waals surface area contributed by atoms with Crippen LogP contribution in [-0.2, 0) is 0 Å². The third-order valence-electron chi connectivity index (χ3n) is 6.40. The van der Waals surface area contributed by atoms with Crippen molar-refractivity contribution < 1.29 is 28.5 Å². The number of nitrogens with zero attached hydrogens (tertiary/aromatic N) is 2. The van der Waals surface area contributed by atoms with E-state index in [1.54, 1.807) is 30.3 Å². The van der Waals surface area contributed by atoms with E-state index in [9.17, 15) is 9.59 Å². The molecule has 0 saturated heterocycles. The van der Waals surface area contributed by atoms with Gasteiger partial charge in [0.05, 0.1) is 49.9 Å². The molecule has 42 heavy (non-hydrogen) atoms. The first kappa shape index (κ1) is 27.9. The zero-order valence-corrected chi connectivity index (χ0v) is 23.2. The monoisotopic (exact) mass is 561 g/mol. The number of aromatic nitrogens is 1. The van der Waals surface area contributed by atoms with E-state index in [0.29, 0.717) is 45.3 Å². The zero-order chi connectivity index (χ0) is 29.5. The molecule has 5 aromatic rings. The highest BCUT2D eigenvalue weighted by atomic mass is 16.5. The minimum Gasteiger partial charge on any atom is -0.493 e. The van der Waals surface area contributed by atoms with Crippen molar-refractivity contribution in [2.24, 2.45) is 5.10 Å². The van der Waals surface area contributed by atoms with E-state index in [-0.39, 0.29) is 11.5 Å². The highest BCUT2D eigenvalue weighted by molar-refractivity contribution is 6.07. The van der Waals surface area contributed by atoms with E-state index in [4.69, 9.17) is 23.9 Å². The Balaban J connectivity index is 1.28. The van der Waals surface area contributed by atoms with Gasteiger partial charge in [-0.3, -0.25) is 4.79 Å². The first-order chi connectivity index (χ1) is 20.5. The number of hydrazone groups is 1. The van der Waals surface area contributed by atoms with Crippen molar-refractivity contribution in [2.45, 2.75) is 0 Å². The number of nitrogens with one attached hydrogen (secondary N) is 1. The number of pyridine rings is 1. The van der Waals surface area contributed by atoms with E-state index < -0.39 is 5.97 Å². The lowest BCUT2D eigenvalue weighted by molar-refractivity contribution is 0.0733. The lowest BCUT2D eigenvalue weighted by atomic mass is 10.0. The molecular weight excluding hydrogens is 534 g/mol. The number of esters is 1. The lowest BCUT2D eigenvalue weighted by Crippen LogP contribution is -2.18. The fourth-order valence-corrected chi connectivity index (χ4v) is 4.33. The van der Waals surface area contributed by atoms with E-state index in [0.717, 1.165) is 10.9 Å². The smallest absolute Gasteiger partial charge is 0.343 e. The summed E-state index contributed by atoms with van der Waals surface area (Å²) in [6, 6.07) is 28.6. The van der Waals surface area contributed by atoms with E-state index in [1.165, 1.54) is 39.7 Å². The predicted molar refractivity (Wildman–Crippen MR) is 160 cm³/mol. The molecule has 0 aliphatic carbocycles. The molecular formula is C33H27N3O6. The first-order valence-electron chi connectivity index (χ1n) is 12.9. The summed E-state index contributed by atoms with van der Waals surface area (Å²) >= 11 is 0. The van der Waals surface area contributed by atoms with Crippen LogP contribution in [0.3, 0.4) is 0 Å². The lowest BCUT2D eigenvalue weighted by Gasteiger charge is -2.13. The van der Waals surface area contributed by atoms with Gasteiger partial charge in [0, 0.05) is 10.9 Å². The van der Waals surface area contributed by atoms with Crippen LogP contribution < -0.4 is 24.4 Å². The number of methoxy groups -OCH3 is 3. The second kappa shape index (κ2) is 12.6. The van der Waals surface area contributed by atoms with Gasteiger partial charge in [-0.15, -0.1) is 0 Å². The maximum atomic E-state index is 13.1. The normalized spacial score (nSPS) is 10.8. The van der Waals surface area contributed by atoms with Crippen molar-refractivity contribution in [2.75, 3.05) is 21.3 Å². The molecule has 0 radical (unpaired) electrons. The number of ether oxygens (including phenoxy) is 4. The Bertz CT molecular complexity index is 1740. The van der Waals surface area contributed by atoms with Gasteiger partial charge in [0.2, 0.25) is 5.75 Å². The summed E-state index contributed by atoms with van der Waals surface area (Å²) < 4.78 is 21.4. The molecule has 210 valence electrons. The van der Waals surface area contributed by atoms with Crippen molar-refractivity contribution in [3.8, 4) is 34.3 Å². The number of carbonyl (C=O) groups excluding carboxylic acids is 2. The van der Waals surface area contributed by atoms with Crippen molar-refractivity contribution >= 4 is 29.0 Å². The molecule has 5 rings (SSSR count). The Morgan fingerprint density at radius 1 is 0.786 bits per heavy atom. The Morgan fingerprint density at radius 3 is 2.12 bits per heavy atom. The summed E-state index contributed by atoms with van der Waals surface area (Å²) in [6.07, 6.45) is 1.50. The molecule has 0 unspecified atom stereocenters.